The van der Waals surface area contributed by atoms with Crippen molar-refractivity contribution in [3.05, 3.63) is 0 Å². The van der Waals surface area contributed by atoms with Crippen molar-refractivity contribution in [2.45, 2.75) is 90.1 Å². The number of nitrogens with zero attached hydrogens (tertiary/aromatic N) is 1. The molecule has 25 heavy (non-hydrogen) atoms. The van der Waals surface area contributed by atoms with Gasteiger partial charge >= 0.3 is 8.56 Å². The fraction of sp³-hybridized carbons (Fsp3) is 1.00. The first-order chi connectivity index (χ1) is 12.0. The highest BCUT2D eigenvalue weighted by atomic mass is 35.5. The number of hydrogen-bond donors (Lipinski definition) is 0. The summed E-state index contributed by atoms with van der Waals surface area (Å²) in [6.07, 6.45) is 15.3. The van der Waals surface area contributed by atoms with Crippen LogP contribution >= 0.6 is 11.6 Å². The minimum atomic E-state index is -1.80. The van der Waals surface area contributed by atoms with Crippen molar-refractivity contribution in [3.63, 3.8) is 0 Å². The van der Waals surface area contributed by atoms with Crippen LogP contribution in [0.25, 0.3) is 0 Å². The molecule has 5 heteroatoms. The van der Waals surface area contributed by atoms with Crippen LogP contribution in [0.4, 0.5) is 0 Å². The van der Waals surface area contributed by atoms with Gasteiger partial charge < -0.3 is 13.8 Å². The highest BCUT2D eigenvalue weighted by Gasteiger charge is 2.27. The molecule has 3 nitrogen and oxygen atoms in total. The van der Waals surface area contributed by atoms with E-state index in [1.165, 1.54) is 70.8 Å². The molecule has 0 aromatic heterocycles. The summed E-state index contributed by atoms with van der Waals surface area (Å²) >= 11 is 5.53. The minimum absolute atomic E-state index is 0.690. The molecule has 0 saturated carbocycles. The maximum absolute atomic E-state index is 5.53. The Labute approximate surface area is 165 Å². The van der Waals surface area contributed by atoms with Gasteiger partial charge in [-0.15, -0.1) is 11.6 Å². The summed E-state index contributed by atoms with van der Waals surface area (Å²) in [5, 5.41) is 0. The second kappa shape index (κ2) is 20.7. The van der Waals surface area contributed by atoms with Crippen molar-refractivity contribution in [2.75, 3.05) is 40.7 Å². The second-order valence-corrected chi connectivity index (χ2v) is 11.3. The van der Waals surface area contributed by atoms with Gasteiger partial charge in [-0.3, -0.25) is 0 Å². The average molecular weight is 396 g/mol. The van der Waals surface area contributed by atoms with Crippen molar-refractivity contribution in [1.29, 1.82) is 0 Å². The van der Waals surface area contributed by atoms with Gasteiger partial charge in [-0.2, -0.15) is 0 Å². The van der Waals surface area contributed by atoms with E-state index in [4.69, 9.17) is 20.5 Å². The molecule has 0 radical (unpaired) electrons. The van der Waals surface area contributed by atoms with E-state index in [-0.39, 0.29) is 0 Å². The van der Waals surface area contributed by atoms with E-state index in [0.717, 1.165) is 12.5 Å². The number of unbranched alkanes of at least 4 members (excludes halogenated alkanes) is 9. The normalized spacial score (nSPS) is 11.5. The topological polar surface area (TPSA) is 21.7 Å². The zero-order chi connectivity index (χ0) is 19.4. The van der Waals surface area contributed by atoms with E-state index in [2.05, 4.69) is 25.9 Å². The van der Waals surface area contributed by atoms with Crippen LogP contribution in [0.2, 0.25) is 12.6 Å². The van der Waals surface area contributed by atoms with Crippen LogP contribution in [0.5, 0.6) is 0 Å². The molecule has 0 aromatic rings. The number of halogens is 1. The van der Waals surface area contributed by atoms with Crippen molar-refractivity contribution < 1.29 is 8.85 Å². The lowest BCUT2D eigenvalue weighted by atomic mass is 10.1. The average Bonchev–Trinajstić information content (AvgIpc) is 2.61. The Morgan fingerprint density at radius 3 is 1.56 bits per heavy atom. The zero-order valence-electron chi connectivity index (χ0n) is 18.0. The number of rotatable bonds is 16. The van der Waals surface area contributed by atoms with Gasteiger partial charge in [0.15, 0.2) is 0 Å². The largest absolute Gasteiger partial charge is 0.398 e. The molecule has 0 N–H and O–H groups in total. The van der Waals surface area contributed by atoms with E-state index in [9.17, 15) is 0 Å². The molecule has 0 aliphatic rings. The standard InChI is InChI=1S/C14H31N.C6H15ClO2Si/c1-4-5-6-7-8-9-10-11-12-13-14-15(2)3;1-8-10(3,9-2)6-4-5-7/h4-14H2,1-3H3;4-6H2,1-3H3. The molecule has 0 aromatic carbocycles. The summed E-state index contributed by atoms with van der Waals surface area (Å²) in [5.74, 6) is 0.690. The smallest absolute Gasteiger partial charge is 0.334 e. The SMILES string of the molecule is CCCCCCCCCCCCN(C)C.CO[Si](C)(CCCCl)OC. The maximum atomic E-state index is 5.53. The number of hydrogen-bond acceptors (Lipinski definition) is 3. The summed E-state index contributed by atoms with van der Waals surface area (Å²) in [4.78, 5) is 2.28. The molecule has 0 fully saturated rings. The lowest BCUT2D eigenvalue weighted by molar-refractivity contribution is 0.249. The summed E-state index contributed by atoms with van der Waals surface area (Å²) in [6.45, 7) is 5.58. The molecular formula is C20H46ClNO2Si. The first kappa shape index (κ1) is 27.6. The van der Waals surface area contributed by atoms with Crippen LogP contribution in [0.15, 0.2) is 0 Å². The Bertz CT molecular complexity index is 252. The number of alkyl halides is 1. The Morgan fingerprint density at radius 2 is 1.20 bits per heavy atom. The molecule has 0 spiro atoms. The van der Waals surface area contributed by atoms with Gasteiger partial charge in [-0.25, -0.2) is 0 Å². The van der Waals surface area contributed by atoms with Crippen molar-refractivity contribution >= 4 is 20.2 Å². The summed E-state index contributed by atoms with van der Waals surface area (Å²) < 4.78 is 10.5. The first-order valence-corrected chi connectivity index (χ1v) is 13.3. The molecule has 0 atom stereocenters. The third-order valence-corrected chi connectivity index (χ3v) is 7.84. The van der Waals surface area contributed by atoms with E-state index in [1.807, 2.05) is 6.55 Å². The summed E-state index contributed by atoms with van der Waals surface area (Å²) in [5.41, 5.74) is 0. The van der Waals surface area contributed by atoms with E-state index in [0.29, 0.717) is 5.88 Å². The monoisotopic (exact) mass is 395 g/mol. The maximum Gasteiger partial charge on any atom is 0.334 e. The molecule has 0 aliphatic heterocycles. The third-order valence-electron chi connectivity index (χ3n) is 4.59. The molecular weight excluding hydrogens is 350 g/mol. The van der Waals surface area contributed by atoms with Crippen LogP contribution in [0.1, 0.15) is 77.6 Å². The molecule has 0 unspecified atom stereocenters. The minimum Gasteiger partial charge on any atom is -0.398 e. The van der Waals surface area contributed by atoms with Gasteiger partial charge in [-0.1, -0.05) is 64.7 Å². The highest BCUT2D eigenvalue weighted by Crippen LogP contribution is 2.13. The van der Waals surface area contributed by atoms with Gasteiger partial charge in [0.05, 0.1) is 0 Å². The van der Waals surface area contributed by atoms with Crippen molar-refractivity contribution in [2.24, 2.45) is 0 Å². The van der Waals surface area contributed by atoms with Gasteiger partial charge in [0.25, 0.3) is 0 Å². The molecule has 0 rings (SSSR count). The van der Waals surface area contributed by atoms with Gasteiger partial charge in [-0.05, 0) is 46.1 Å². The molecule has 0 bridgehead atoms. The molecule has 154 valence electrons. The predicted molar refractivity (Wildman–Crippen MR) is 116 cm³/mol. The highest BCUT2D eigenvalue weighted by molar-refractivity contribution is 6.65. The van der Waals surface area contributed by atoms with Gasteiger partial charge in [0.1, 0.15) is 0 Å². The van der Waals surface area contributed by atoms with Crippen molar-refractivity contribution in [1.82, 2.24) is 4.90 Å². The zero-order valence-corrected chi connectivity index (χ0v) is 19.8. The summed E-state index contributed by atoms with van der Waals surface area (Å²) in [7, 11) is 5.91. The van der Waals surface area contributed by atoms with E-state index < -0.39 is 8.56 Å². The first-order valence-electron chi connectivity index (χ1n) is 10.3. The van der Waals surface area contributed by atoms with Crippen molar-refractivity contribution in [3.8, 4) is 0 Å². The molecule has 0 amide bonds. The lowest BCUT2D eigenvalue weighted by Gasteiger charge is -2.21. The van der Waals surface area contributed by atoms with Gasteiger partial charge in [0, 0.05) is 20.1 Å². The molecule has 0 aliphatic carbocycles. The van der Waals surface area contributed by atoms with E-state index >= 15 is 0 Å². The summed E-state index contributed by atoms with van der Waals surface area (Å²) in [6, 6.07) is 0.976. The Morgan fingerprint density at radius 1 is 0.760 bits per heavy atom. The third kappa shape index (κ3) is 22.3. The van der Waals surface area contributed by atoms with E-state index in [1.54, 1.807) is 14.2 Å². The molecule has 0 heterocycles. The Hall–Kier alpha value is 0.387. The lowest BCUT2D eigenvalue weighted by Crippen LogP contribution is -2.35. The Balaban J connectivity index is 0. The van der Waals surface area contributed by atoms with Gasteiger partial charge in [0.2, 0.25) is 0 Å². The fourth-order valence-corrected chi connectivity index (χ4v) is 4.34. The Kier molecular flexibility index (Phi) is 22.9. The predicted octanol–water partition coefficient (Wildman–Crippen LogP) is 6.45. The van der Waals surface area contributed by atoms with Crippen LogP contribution in [-0.4, -0.2) is 54.2 Å². The van der Waals surface area contributed by atoms with Crippen LogP contribution < -0.4 is 0 Å². The quantitative estimate of drug-likeness (QED) is 0.170. The second-order valence-electron chi connectivity index (χ2n) is 7.32. The van der Waals surface area contributed by atoms with Crippen LogP contribution in [-0.2, 0) is 8.85 Å². The van der Waals surface area contributed by atoms with Crippen LogP contribution in [0, 0.1) is 0 Å². The molecule has 0 saturated heterocycles. The fourth-order valence-electron chi connectivity index (χ4n) is 2.59. The van der Waals surface area contributed by atoms with Crippen LogP contribution in [0.3, 0.4) is 0 Å².